The monoisotopic (exact) mass is 334 g/mol. The lowest BCUT2D eigenvalue weighted by Crippen LogP contribution is -2.56. The Hall–Kier alpha value is 0.310. The molecule has 1 nitrogen and oxygen atoms in total. The fourth-order valence-electron chi connectivity index (χ4n) is 7.92. The lowest BCUT2D eigenvalue weighted by atomic mass is 9.44. The summed E-state index contributed by atoms with van der Waals surface area (Å²) in [6.45, 7) is 7.23. The summed E-state index contributed by atoms with van der Waals surface area (Å²) < 4.78 is 0.733. The summed E-state index contributed by atoms with van der Waals surface area (Å²) in [5.41, 5.74) is 0.397. The Labute approximate surface area is 146 Å². The molecule has 0 radical (unpaired) electrons. The van der Waals surface area contributed by atoms with Crippen molar-refractivity contribution in [3.05, 3.63) is 0 Å². The third kappa shape index (κ3) is 1.92. The third-order valence-corrected chi connectivity index (χ3v) is 11.4. The van der Waals surface area contributed by atoms with Gasteiger partial charge in [0.05, 0.1) is 5.60 Å². The van der Waals surface area contributed by atoms with Crippen molar-refractivity contribution in [2.75, 3.05) is 5.75 Å². The van der Waals surface area contributed by atoms with Crippen LogP contribution in [-0.4, -0.2) is 21.2 Å². The van der Waals surface area contributed by atoms with Crippen molar-refractivity contribution in [2.45, 2.75) is 88.9 Å². The quantitative estimate of drug-likeness (QED) is 0.609. The SMILES string of the molecule is C[C@]12CC[C@@]3(CS3)C[C@@H]1CC[C@@H]1[C@H]2CC[C@@]2(C)[C@H]1CC[C@]2(C)O. The molecule has 5 rings (SSSR count). The van der Waals surface area contributed by atoms with Crippen LogP contribution in [0.5, 0.6) is 0 Å². The summed E-state index contributed by atoms with van der Waals surface area (Å²) in [5, 5.41) is 11.0. The van der Waals surface area contributed by atoms with Crippen LogP contribution in [-0.2, 0) is 0 Å². The summed E-state index contributed by atoms with van der Waals surface area (Å²) in [4.78, 5) is 0. The fourth-order valence-corrected chi connectivity index (χ4v) is 8.95. The molecule has 1 heterocycles. The first-order valence-corrected chi connectivity index (χ1v) is 11.1. The zero-order valence-electron chi connectivity index (χ0n) is 15.2. The van der Waals surface area contributed by atoms with Crippen molar-refractivity contribution >= 4 is 11.8 Å². The van der Waals surface area contributed by atoms with Crippen molar-refractivity contribution in [2.24, 2.45) is 34.5 Å². The van der Waals surface area contributed by atoms with E-state index in [2.05, 4.69) is 32.5 Å². The van der Waals surface area contributed by atoms with Gasteiger partial charge in [-0.05, 0) is 99.2 Å². The second kappa shape index (κ2) is 4.53. The van der Waals surface area contributed by atoms with E-state index in [0.29, 0.717) is 5.41 Å². The van der Waals surface area contributed by atoms with Crippen molar-refractivity contribution in [3.63, 3.8) is 0 Å². The molecular weight excluding hydrogens is 300 g/mol. The van der Waals surface area contributed by atoms with Gasteiger partial charge in [0.2, 0.25) is 0 Å². The summed E-state index contributed by atoms with van der Waals surface area (Å²) >= 11 is 2.26. The van der Waals surface area contributed by atoms with Gasteiger partial charge in [0, 0.05) is 10.5 Å². The molecule has 130 valence electrons. The van der Waals surface area contributed by atoms with Crippen molar-refractivity contribution < 1.29 is 5.11 Å². The number of hydrogen-bond donors (Lipinski definition) is 1. The van der Waals surface area contributed by atoms with Gasteiger partial charge in [-0.25, -0.2) is 0 Å². The molecule has 0 aromatic rings. The lowest BCUT2D eigenvalue weighted by molar-refractivity contribution is -0.146. The van der Waals surface area contributed by atoms with Crippen LogP contribution in [0.4, 0.5) is 0 Å². The van der Waals surface area contributed by atoms with Gasteiger partial charge in [0.25, 0.3) is 0 Å². The molecule has 2 heteroatoms. The second-order valence-electron chi connectivity index (χ2n) is 10.6. The average molecular weight is 335 g/mol. The molecule has 0 amide bonds. The molecule has 4 aliphatic carbocycles. The minimum absolute atomic E-state index is 0.194. The Bertz CT molecular complexity index is 524. The largest absolute Gasteiger partial charge is 0.390 e. The first-order valence-electron chi connectivity index (χ1n) is 10.2. The Balaban J connectivity index is 1.45. The summed E-state index contributed by atoms with van der Waals surface area (Å²) in [5.74, 6) is 5.11. The zero-order chi connectivity index (χ0) is 16.1. The highest BCUT2D eigenvalue weighted by molar-refractivity contribution is 8.07. The Morgan fingerprint density at radius 3 is 2.35 bits per heavy atom. The number of hydrogen-bond acceptors (Lipinski definition) is 2. The van der Waals surface area contributed by atoms with Crippen molar-refractivity contribution in [1.82, 2.24) is 0 Å². The molecule has 0 aromatic carbocycles. The van der Waals surface area contributed by atoms with Gasteiger partial charge in [-0.1, -0.05) is 13.8 Å². The number of fused-ring (bicyclic) bond motifs is 5. The predicted octanol–water partition coefficient (Wildman–Crippen LogP) is 5.27. The van der Waals surface area contributed by atoms with Crippen LogP contribution < -0.4 is 0 Å². The number of thioether (sulfide) groups is 1. The Kier molecular flexibility index (Phi) is 3.06. The minimum atomic E-state index is -0.415. The molecule has 1 N–H and O–H groups in total. The van der Waals surface area contributed by atoms with Crippen LogP contribution in [0.1, 0.15) is 78.6 Å². The first kappa shape index (κ1) is 15.6. The molecule has 0 bridgehead atoms. The van der Waals surface area contributed by atoms with Crippen LogP contribution in [0.25, 0.3) is 0 Å². The highest BCUT2D eigenvalue weighted by Crippen LogP contribution is 2.71. The van der Waals surface area contributed by atoms with Gasteiger partial charge in [-0.15, -0.1) is 0 Å². The van der Waals surface area contributed by atoms with Crippen LogP contribution in [0.2, 0.25) is 0 Å². The molecule has 5 aliphatic rings. The minimum Gasteiger partial charge on any atom is -0.390 e. The van der Waals surface area contributed by atoms with Gasteiger partial charge < -0.3 is 5.11 Å². The van der Waals surface area contributed by atoms with E-state index in [1.54, 1.807) is 0 Å². The second-order valence-corrected chi connectivity index (χ2v) is 12.0. The van der Waals surface area contributed by atoms with E-state index in [9.17, 15) is 5.11 Å². The van der Waals surface area contributed by atoms with Crippen LogP contribution >= 0.6 is 11.8 Å². The Morgan fingerprint density at radius 2 is 1.61 bits per heavy atom. The van der Waals surface area contributed by atoms with Crippen LogP contribution in [0.3, 0.4) is 0 Å². The van der Waals surface area contributed by atoms with E-state index < -0.39 is 5.60 Å². The predicted molar refractivity (Wildman–Crippen MR) is 97.5 cm³/mol. The maximum Gasteiger partial charge on any atom is 0.0675 e. The Morgan fingerprint density at radius 1 is 0.870 bits per heavy atom. The normalized spacial score (nSPS) is 64.2. The van der Waals surface area contributed by atoms with E-state index in [-0.39, 0.29) is 5.41 Å². The highest BCUT2D eigenvalue weighted by Gasteiger charge is 2.64. The average Bonchev–Trinajstić information content (AvgIpc) is 3.21. The van der Waals surface area contributed by atoms with Crippen molar-refractivity contribution in [1.29, 1.82) is 0 Å². The molecule has 23 heavy (non-hydrogen) atoms. The summed E-state index contributed by atoms with van der Waals surface area (Å²) in [7, 11) is 0. The van der Waals surface area contributed by atoms with Crippen LogP contribution in [0.15, 0.2) is 0 Å². The lowest BCUT2D eigenvalue weighted by Gasteiger charge is -2.61. The molecule has 8 atom stereocenters. The molecule has 0 unspecified atom stereocenters. The summed E-state index contributed by atoms with van der Waals surface area (Å²) in [6.07, 6.45) is 12.4. The molecule has 1 spiro atoms. The van der Waals surface area contributed by atoms with Gasteiger partial charge in [-0.2, -0.15) is 11.8 Å². The van der Waals surface area contributed by atoms with E-state index in [4.69, 9.17) is 0 Å². The maximum absolute atomic E-state index is 11.0. The smallest absolute Gasteiger partial charge is 0.0675 e. The molecule has 5 fully saturated rings. The van der Waals surface area contributed by atoms with Gasteiger partial charge >= 0.3 is 0 Å². The molecular formula is C21H34OS. The molecule has 1 aliphatic heterocycles. The van der Waals surface area contributed by atoms with Gasteiger partial charge in [-0.3, -0.25) is 0 Å². The first-order chi connectivity index (χ1) is 10.8. The molecule has 4 saturated carbocycles. The van der Waals surface area contributed by atoms with Crippen molar-refractivity contribution in [3.8, 4) is 0 Å². The van der Waals surface area contributed by atoms with E-state index in [0.717, 1.165) is 34.8 Å². The van der Waals surface area contributed by atoms with E-state index in [1.165, 1.54) is 57.1 Å². The molecule has 0 aromatic heterocycles. The zero-order valence-corrected chi connectivity index (χ0v) is 16.1. The standard InChI is InChI=1S/C21H34OS/c1-18-10-11-21(13-23-21)12-14(18)4-5-15-16(18)6-8-19(2)17(15)7-9-20(19,3)22/h14-17,22H,4-13H2,1-3H3/t14-,15+,16+,17-,18-,19-,20-,21-/m0/s1. The van der Waals surface area contributed by atoms with Gasteiger partial charge in [0.15, 0.2) is 0 Å². The highest BCUT2D eigenvalue weighted by atomic mass is 32.2. The topological polar surface area (TPSA) is 20.2 Å². The summed E-state index contributed by atoms with van der Waals surface area (Å²) in [6, 6.07) is 0. The molecule has 1 saturated heterocycles. The van der Waals surface area contributed by atoms with E-state index >= 15 is 0 Å². The maximum atomic E-state index is 11.0. The van der Waals surface area contributed by atoms with E-state index in [1.807, 2.05) is 0 Å². The number of aliphatic hydroxyl groups is 1. The number of rotatable bonds is 0. The van der Waals surface area contributed by atoms with Crippen LogP contribution in [0, 0.1) is 34.5 Å². The van der Waals surface area contributed by atoms with Gasteiger partial charge in [0.1, 0.15) is 0 Å². The fraction of sp³-hybridized carbons (Fsp3) is 1.00. The third-order valence-electron chi connectivity index (χ3n) is 9.92.